The summed E-state index contributed by atoms with van der Waals surface area (Å²) in [5, 5.41) is 0.356. The van der Waals surface area contributed by atoms with Gasteiger partial charge in [0.25, 0.3) is 5.56 Å². The van der Waals surface area contributed by atoms with E-state index in [-0.39, 0.29) is 36.9 Å². The van der Waals surface area contributed by atoms with Gasteiger partial charge in [0.05, 0.1) is 41.2 Å². The van der Waals surface area contributed by atoms with Crippen molar-refractivity contribution < 1.29 is 27.1 Å². The van der Waals surface area contributed by atoms with Crippen molar-refractivity contribution in [3.05, 3.63) is 106 Å². The minimum absolute atomic E-state index is 0.153. The van der Waals surface area contributed by atoms with E-state index in [9.17, 15) is 27.2 Å². The van der Waals surface area contributed by atoms with Crippen LogP contribution in [0.5, 0.6) is 0 Å². The Hall–Kier alpha value is -4.05. The molecule has 204 valence electrons. The van der Waals surface area contributed by atoms with E-state index in [0.717, 1.165) is 12.1 Å². The lowest BCUT2D eigenvalue weighted by molar-refractivity contribution is -0.137. The summed E-state index contributed by atoms with van der Waals surface area (Å²) in [6, 6.07) is 15.8. The second kappa shape index (κ2) is 11.8. The average Bonchev–Trinajstić information content (AvgIpc) is 2.91. The smallest absolute Gasteiger partial charge is 0.380 e. The third kappa shape index (κ3) is 6.34. The number of hydrogen-bond donors (Lipinski definition) is 0. The highest BCUT2D eigenvalue weighted by molar-refractivity contribution is 5.80. The van der Waals surface area contributed by atoms with E-state index in [1.807, 2.05) is 6.92 Å². The lowest BCUT2D eigenvalue weighted by Crippen LogP contribution is -2.40. The quantitative estimate of drug-likeness (QED) is 0.201. The van der Waals surface area contributed by atoms with Crippen molar-refractivity contribution >= 4 is 16.8 Å². The Morgan fingerprint density at radius 1 is 1.03 bits per heavy atom. The number of ether oxygens (including phenoxy) is 1. The molecule has 0 aliphatic heterocycles. The Kier molecular flexibility index (Phi) is 8.44. The van der Waals surface area contributed by atoms with E-state index in [1.165, 1.54) is 45.9 Å². The molecule has 0 fully saturated rings. The van der Waals surface area contributed by atoms with Gasteiger partial charge < -0.3 is 9.64 Å². The Balaban J connectivity index is 1.76. The molecule has 10 heteroatoms. The van der Waals surface area contributed by atoms with Gasteiger partial charge >= 0.3 is 6.18 Å². The maximum Gasteiger partial charge on any atom is 0.416 e. The predicted octanol–water partition coefficient (Wildman–Crippen LogP) is 5.71. The largest absolute Gasteiger partial charge is 0.416 e. The van der Waals surface area contributed by atoms with Gasteiger partial charge in [0, 0.05) is 13.2 Å². The molecule has 3 aromatic carbocycles. The summed E-state index contributed by atoms with van der Waals surface area (Å²) in [6.45, 7) is 4.31. The minimum atomic E-state index is -4.48. The zero-order valence-corrected chi connectivity index (χ0v) is 21.4. The lowest BCUT2D eigenvalue weighted by Gasteiger charge is -2.30. The van der Waals surface area contributed by atoms with Crippen LogP contribution in [0.2, 0.25) is 0 Å². The Morgan fingerprint density at radius 2 is 1.69 bits per heavy atom. The number of rotatable bonds is 9. The molecule has 1 unspecified atom stereocenters. The highest BCUT2D eigenvalue weighted by Gasteiger charge is 2.31. The number of benzene rings is 3. The Labute approximate surface area is 222 Å². The molecule has 0 aliphatic carbocycles. The molecule has 1 atom stereocenters. The van der Waals surface area contributed by atoms with E-state index in [2.05, 4.69) is 0 Å². The summed E-state index contributed by atoms with van der Waals surface area (Å²) < 4.78 is 59.4. The van der Waals surface area contributed by atoms with Gasteiger partial charge in [0.2, 0.25) is 5.91 Å². The molecule has 0 bridgehead atoms. The summed E-state index contributed by atoms with van der Waals surface area (Å²) in [6.07, 6.45) is -4.64. The number of fused-ring (bicyclic) bond motifs is 1. The summed E-state index contributed by atoms with van der Waals surface area (Å²) in [5.41, 5.74) is 0.0334. The van der Waals surface area contributed by atoms with Crippen molar-refractivity contribution in [1.29, 1.82) is 0 Å². The molecule has 4 aromatic rings. The normalized spacial score (nSPS) is 12.5. The van der Waals surface area contributed by atoms with Crippen molar-refractivity contribution in [3.63, 3.8) is 0 Å². The summed E-state index contributed by atoms with van der Waals surface area (Å²) >= 11 is 0. The van der Waals surface area contributed by atoms with Gasteiger partial charge in [-0.3, -0.25) is 14.2 Å². The molecule has 4 rings (SSSR count). The fraction of sp³-hybridized carbons (Fsp3) is 0.276. The van der Waals surface area contributed by atoms with Crippen molar-refractivity contribution in [3.8, 4) is 5.69 Å². The van der Waals surface area contributed by atoms with Gasteiger partial charge in [-0.25, -0.2) is 9.37 Å². The average molecular weight is 542 g/mol. The second-order valence-corrected chi connectivity index (χ2v) is 8.94. The molecule has 0 saturated carbocycles. The molecule has 0 N–H and O–H groups in total. The van der Waals surface area contributed by atoms with Crippen LogP contribution in [0, 0.1) is 5.82 Å². The van der Waals surface area contributed by atoms with Crippen LogP contribution in [0.3, 0.4) is 0 Å². The van der Waals surface area contributed by atoms with Crippen LogP contribution in [0.4, 0.5) is 17.6 Å². The molecule has 0 aliphatic rings. The first-order valence-corrected chi connectivity index (χ1v) is 12.4. The van der Waals surface area contributed by atoms with E-state index in [1.54, 1.807) is 31.2 Å². The van der Waals surface area contributed by atoms with Crippen LogP contribution < -0.4 is 5.56 Å². The van der Waals surface area contributed by atoms with Crippen LogP contribution in [-0.4, -0.2) is 40.1 Å². The zero-order chi connectivity index (χ0) is 28.2. The van der Waals surface area contributed by atoms with Crippen molar-refractivity contribution in [2.45, 2.75) is 32.5 Å². The monoisotopic (exact) mass is 541 g/mol. The topological polar surface area (TPSA) is 64.4 Å². The van der Waals surface area contributed by atoms with Crippen molar-refractivity contribution in [1.82, 2.24) is 14.5 Å². The predicted molar refractivity (Wildman–Crippen MR) is 139 cm³/mol. The fourth-order valence-corrected chi connectivity index (χ4v) is 4.34. The van der Waals surface area contributed by atoms with Gasteiger partial charge in [-0.2, -0.15) is 13.2 Å². The summed E-state index contributed by atoms with van der Waals surface area (Å²) in [7, 11) is 0. The molecule has 0 radical (unpaired) electrons. The molecule has 39 heavy (non-hydrogen) atoms. The number of carbonyl (C=O) groups excluding carboxylic acids is 1. The standard InChI is InChI=1S/C29H27F4N3O3/c1-3-39-17-16-35(26(37)18-20-8-10-21(11-9-20)29(31,32)33)19(2)27-34-25-7-5-4-6-24(25)28(38)36(27)23-14-12-22(30)13-15-23/h4-15,19H,3,16-18H2,1-2H3. The van der Waals surface area contributed by atoms with Crippen LogP contribution in [0.25, 0.3) is 16.6 Å². The third-order valence-corrected chi connectivity index (χ3v) is 6.37. The number of nitrogens with zero attached hydrogens (tertiary/aromatic N) is 3. The number of halogens is 4. The summed E-state index contributed by atoms with van der Waals surface area (Å²) in [5.74, 6) is -0.599. The van der Waals surface area contributed by atoms with Crippen LogP contribution in [0.15, 0.2) is 77.6 Å². The maximum atomic E-state index is 13.7. The number of carbonyl (C=O) groups is 1. The summed E-state index contributed by atoms with van der Waals surface area (Å²) in [4.78, 5) is 33.3. The van der Waals surface area contributed by atoms with Crippen molar-refractivity contribution in [2.24, 2.45) is 0 Å². The molecule has 0 spiro atoms. The van der Waals surface area contributed by atoms with Crippen LogP contribution in [-0.2, 0) is 22.1 Å². The SMILES string of the molecule is CCOCCN(C(=O)Cc1ccc(C(F)(F)F)cc1)C(C)c1nc2ccccc2c(=O)n1-c1ccc(F)cc1. The van der Waals surface area contributed by atoms with E-state index < -0.39 is 23.6 Å². The van der Waals surface area contributed by atoms with E-state index in [4.69, 9.17) is 9.72 Å². The first kappa shape index (κ1) is 28.0. The van der Waals surface area contributed by atoms with Gasteiger partial charge in [-0.1, -0.05) is 24.3 Å². The van der Waals surface area contributed by atoms with Gasteiger partial charge in [-0.15, -0.1) is 0 Å². The lowest BCUT2D eigenvalue weighted by atomic mass is 10.1. The second-order valence-electron chi connectivity index (χ2n) is 8.94. The minimum Gasteiger partial charge on any atom is -0.380 e. The van der Waals surface area contributed by atoms with Gasteiger partial charge in [0.1, 0.15) is 11.6 Å². The van der Waals surface area contributed by atoms with Crippen LogP contribution >= 0.6 is 0 Å². The Morgan fingerprint density at radius 3 is 2.33 bits per heavy atom. The molecule has 1 amide bonds. The highest BCUT2D eigenvalue weighted by Crippen LogP contribution is 2.29. The molecule has 1 aromatic heterocycles. The molecular weight excluding hydrogens is 514 g/mol. The maximum absolute atomic E-state index is 13.7. The first-order valence-electron chi connectivity index (χ1n) is 12.4. The number of aromatic nitrogens is 2. The Bertz CT molecular complexity index is 1500. The zero-order valence-electron chi connectivity index (χ0n) is 21.4. The molecule has 1 heterocycles. The fourth-order valence-electron chi connectivity index (χ4n) is 4.34. The molecule has 0 saturated heterocycles. The van der Waals surface area contributed by atoms with Crippen molar-refractivity contribution in [2.75, 3.05) is 19.8 Å². The number of amides is 1. The molecular formula is C29H27F4N3O3. The van der Waals surface area contributed by atoms with E-state index in [0.29, 0.717) is 28.8 Å². The van der Waals surface area contributed by atoms with Gasteiger partial charge in [-0.05, 0) is 67.9 Å². The first-order chi connectivity index (χ1) is 18.6. The number of hydrogen-bond acceptors (Lipinski definition) is 4. The highest BCUT2D eigenvalue weighted by atomic mass is 19.4. The van der Waals surface area contributed by atoms with Gasteiger partial charge in [0.15, 0.2) is 0 Å². The third-order valence-electron chi connectivity index (χ3n) is 6.37. The van der Waals surface area contributed by atoms with Crippen LogP contribution in [0.1, 0.15) is 36.8 Å². The van der Waals surface area contributed by atoms with E-state index >= 15 is 0 Å². The molecule has 6 nitrogen and oxygen atoms in total. The number of alkyl halides is 3. The number of para-hydroxylation sites is 1.